The topological polar surface area (TPSA) is 85.9 Å². The molecular weight excluding hydrogens is 365 g/mol. The van der Waals surface area contributed by atoms with E-state index in [-0.39, 0.29) is 5.95 Å². The number of halogens is 2. The normalized spacial score (nSPS) is 13.3. The SMILES string of the molecule is CCN1CC(c2c(Cl)c(OC)cc(OC)c2Cl)=Nc2cnc(N)nc21. The lowest BCUT2D eigenvalue weighted by atomic mass is 10.1. The molecular formula is C16H17Cl2N5O2. The molecule has 0 radical (unpaired) electrons. The summed E-state index contributed by atoms with van der Waals surface area (Å²) >= 11 is 13.0. The number of methoxy groups -OCH3 is 2. The van der Waals surface area contributed by atoms with Gasteiger partial charge >= 0.3 is 0 Å². The average molecular weight is 382 g/mol. The third-order valence-electron chi connectivity index (χ3n) is 3.91. The monoisotopic (exact) mass is 381 g/mol. The van der Waals surface area contributed by atoms with Crippen LogP contribution in [-0.2, 0) is 0 Å². The highest BCUT2D eigenvalue weighted by atomic mass is 35.5. The van der Waals surface area contributed by atoms with Gasteiger partial charge in [0.25, 0.3) is 0 Å². The van der Waals surface area contributed by atoms with E-state index in [1.807, 2.05) is 11.8 Å². The van der Waals surface area contributed by atoms with Gasteiger partial charge in [-0.25, -0.2) is 9.98 Å². The molecule has 1 aliphatic rings. The zero-order valence-electron chi connectivity index (χ0n) is 14.0. The minimum absolute atomic E-state index is 0.204. The van der Waals surface area contributed by atoms with E-state index in [0.29, 0.717) is 57.4 Å². The van der Waals surface area contributed by atoms with Crippen molar-refractivity contribution in [3.05, 3.63) is 27.9 Å². The zero-order valence-corrected chi connectivity index (χ0v) is 15.5. The molecule has 0 fully saturated rings. The van der Waals surface area contributed by atoms with Gasteiger partial charge in [0, 0.05) is 18.2 Å². The van der Waals surface area contributed by atoms with Gasteiger partial charge in [0.1, 0.15) is 17.2 Å². The van der Waals surface area contributed by atoms with Gasteiger partial charge in [-0.05, 0) is 6.92 Å². The number of nitrogens with two attached hydrogens (primary N) is 1. The number of nitrogen functional groups attached to an aromatic ring is 1. The Labute approximate surface area is 155 Å². The molecule has 0 atom stereocenters. The lowest BCUT2D eigenvalue weighted by Crippen LogP contribution is -2.34. The molecule has 132 valence electrons. The van der Waals surface area contributed by atoms with Crippen LogP contribution in [0.5, 0.6) is 11.5 Å². The van der Waals surface area contributed by atoms with Crippen LogP contribution in [-0.4, -0.2) is 43.0 Å². The zero-order chi connectivity index (χ0) is 18.1. The van der Waals surface area contributed by atoms with E-state index in [1.54, 1.807) is 12.3 Å². The molecule has 0 unspecified atom stereocenters. The Balaban J connectivity index is 2.21. The van der Waals surface area contributed by atoms with E-state index < -0.39 is 0 Å². The van der Waals surface area contributed by atoms with Gasteiger partial charge in [-0.2, -0.15) is 4.98 Å². The van der Waals surface area contributed by atoms with Crippen LogP contribution in [0.2, 0.25) is 10.0 Å². The molecule has 1 aromatic carbocycles. The predicted molar refractivity (Wildman–Crippen MR) is 100 cm³/mol. The second kappa shape index (κ2) is 6.93. The van der Waals surface area contributed by atoms with Gasteiger partial charge in [-0.3, -0.25) is 0 Å². The third kappa shape index (κ3) is 3.05. The molecule has 7 nitrogen and oxygen atoms in total. The highest BCUT2D eigenvalue weighted by molar-refractivity contribution is 6.42. The van der Waals surface area contributed by atoms with Crippen molar-refractivity contribution in [3.8, 4) is 11.5 Å². The second-order valence-corrected chi connectivity index (χ2v) is 6.05. The highest BCUT2D eigenvalue weighted by Gasteiger charge is 2.27. The lowest BCUT2D eigenvalue weighted by Gasteiger charge is -2.29. The summed E-state index contributed by atoms with van der Waals surface area (Å²) in [6.45, 7) is 3.19. The number of nitrogens with zero attached hydrogens (tertiary/aromatic N) is 4. The Morgan fingerprint density at radius 2 is 1.84 bits per heavy atom. The van der Waals surface area contributed by atoms with Crippen LogP contribution in [0.1, 0.15) is 12.5 Å². The third-order valence-corrected chi connectivity index (χ3v) is 4.66. The van der Waals surface area contributed by atoms with Gasteiger partial charge in [-0.15, -0.1) is 0 Å². The van der Waals surface area contributed by atoms with Crippen molar-refractivity contribution in [2.45, 2.75) is 6.92 Å². The Hall–Kier alpha value is -2.25. The summed E-state index contributed by atoms with van der Waals surface area (Å²) in [4.78, 5) is 15.0. The van der Waals surface area contributed by atoms with E-state index in [0.717, 1.165) is 0 Å². The lowest BCUT2D eigenvalue weighted by molar-refractivity contribution is 0.394. The van der Waals surface area contributed by atoms with Crippen molar-refractivity contribution in [3.63, 3.8) is 0 Å². The predicted octanol–water partition coefficient (Wildman–Crippen LogP) is 3.34. The second-order valence-electron chi connectivity index (χ2n) is 5.29. The summed E-state index contributed by atoms with van der Waals surface area (Å²) in [5.41, 5.74) is 7.54. The van der Waals surface area contributed by atoms with Crippen molar-refractivity contribution in [1.29, 1.82) is 0 Å². The molecule has 9 heteroatoms. The van der Waals surface area contributed by atoms with Crippen molar-refractivity contribution in [1.82, 2.24) is 9.97 Å². The van der Waals surface area contributed by atoms with Crippen LogP contribution >= 0.6 is 23.2 Å². The fourth-order valence-electron chi connectivity index (χ4n) is 2.66. The van der Waals surface area contributed by atoms with Gasteiger partial charge < -0.3 is 20.1 Å². The fraction of sp³-hybridized carbons (Fsp3) is 0.312. The van der Waals surface area contributed by atoms with Crippen LogP contribution < -0.4 is 20.1 Å². The van der Waals surface area contributed by atoms with Crippen LogP contribution in [0.3, 0.4) is 0 Å². The highest BCUT2D eigenvalue weighted by Crippen LogP contribution is 2.42. The van der Waals surface area contributed by atoms with Crippen LogP contribution in [0, 0.1) is 0 Å². The summed E-state index contributed by atoms with van der Waals surface area (Å²) in [5, 5.41) is 0.755. The van der Waals surface area contributed by atoms with Crippen molar-refractivity contribution < 1.29 is 9.47 Å². The molecule has 3 rings (SSSR count). The molecule has 1 aliphatic heterocycles. The maximum atomic E-state index is 6.50. The van der Waals surface area contributed by atoms with E-state index in [1.165, 1.54) is 14.2 Å². The summed E-state index contributed by atoms with van der Waals surface area (Å²) in [6.07, 6.45) is 1.58. The molecule has 2 aromatic rings. The number of aliphatic imine (C=N–C) groups is 1. The first kappa shape index (κ1) is 17.6. The molecule has 0 saturated carbocycles. The largest absolute Gasteiger partial charge is 0.495 e. The number of anilines is 2. The molecule has 0 amide bonds. The maximum Gasteiger partial charge on any atom is 0.222 e. The number of ether oxygens (including phenoxy) is 2. The Bertz CT molecular complexity index is 829. The summed E-state index contributed by atoms with van der Waals surface area (Å²) in [6, 6.07) is 1.65. The summed E-state index contributed by atoms with van der Waals surface area (Å²) in [5.74, 6) is 1.81. The Kier molecular flexibility index (Phi) is 4.87. The van der Waals surface area contributed by atoms with Crippen LogP contribution in [0.15, 0.2) is 17.3 Å². The smallest absolute Gasteiger partial charge is 0.222 e. The first-order chi connectivity index (χ1) is 12.0. The molecule has 0 aliphatic carbocycles. The van der Waals surface area contributed by atoms with E-state index >= 15 is 0 Å². The minimum Gasteiger partial charge on any atom is -0.495 e. The quantitative estimate of drug-likeness (QED) is 0.873. The van der Waals surface area contributed by atoms with Crippen molar-refractivity contribution >= 4 is 46.4 Å². The maximum absolute atomic E-state index is 6.50. The molecule has 0 saturated heterocycles. The number of hydrogen-bond donors (Lipinski definition) is 1. The Morgan fingerprint density at radius 1 is 1.20 bits per heavy atom. The van der Waals surface area contributed by atoms with Crippen LogP contribution in [0.4, 0.5) is 17.5 Å². The number of rotatable bonds is 4. The van der Waals surface area contributed by atoms with Crippen molar-refractivity contribution in [2.75, 3.05) is 37.9 Å². The number of aromatic nitrogens is 2. The minimum atomic E-state index is 0.204. The van der Waals surface area contributed by atoms with Gasteiger partial charge in [0.05, 0.1) is 42.7 Å². The summed E-state index contributed by atoms with van der Waals surface area (Å²) in [7, 11) is 3.07. The summed E-state index contributed by atoms with van der Waals surface area (Å²) < 4.78 is 10.7. The first-order valence-corrected chi connectivity index (χ1v) is 8.31. The van der Waals surface area contributed by atoms with Gasteiger partial charge in [0.2, 0.25) is 5.95 Å². The molecule has 0 spiro atoms. The van der Waals surface area contributed by atoms with Crippen LogP contribution in [0.25, 0.3) is 0 Å². The number of fused-ring (bicyclic) bond motifs is 1. The average Bonchev–Trinajstić information content (AvgIpc) is 2.61. The number of likely N-dealkylation sites (N-methyl/N-ethyl adjacent to an activating group) is 1. The molecule has 2 heterocycles. The first-order valence-electron chi connectivity index (χ1n) is 7.55. The fourth-order valence-corrected chi connectivity index (χ4v) is 3.38. The van der Waals surface area contributed by atoms with E-state index in [9.17, 15) is 0 Å². The number of hydrogen-bond acceptors (Lipinski definition) is 7. The molecule has 2 N–H and O–H groups in total. The molecule has 25 heavy (non-hydrogen) atoms. The standard InChI is InChI=1S/C16H17Cl2N5O2/c1-4-23-7-9(21-8-6-20-16(19)22-15(8)23)12-13(17)10(24-2)5-11(25-3)14(12)18/h5-6H,4,7H2,1-3H3,(H2,19,20,22). The van der Waals surface area contributed by atoms with Gasteiger partial charge in [0.15, 0.2) is 5.82 Å². The Morgan fingerprint density at radius 3 is 2.40 bits per heavy atom. The van der Waals surface area contributed by atoms with E-state index in [4.69, 9.17) is 38.4 Å². The van der Waals surface area contributed by atoms with Gasteiger partial charge in [-0.1, -0.05) is 23.2 Å². The van der Waals surface area contributed by atoms with E-state index in [2.05, 4.69) is 15.0 Å². The molecule has 0 bridgehead atoms. The number of benzene rings is 1. The molecule has 1 aromatic heterocycles. The van der Waals surface area contributed by atoms with Crippen molar-refractivity contribution in [2.24, 2.45) is 4.99 Å².